The lowest BCUT2D eigenvalue weighted by Gasteiger charge is -2.11. The Bertz CT molecular complexity index is 83.1. The molecule has 9 heavy (non-hydrogen) atoms. The predicted octanol–water partition coefficient (Wildman–Crippen LogP) is 0.591. The van der Waals surface area contributed by atoms with Gasteiger partial charge in [-0.15, -0.1) is 0 Å². The molecule has 0 aliphatic heterocycles. The second kappa shape index (κ2) is 3.44. The van der Waals surface area contributed by atoms with Crippen LogP contribution in [0.5, 0.6) is 0 Å². The second-order valence-corrected chi connectivity index (χ2v) is 3.48. The third-order valence-electron chi connectivity index (χ3n) is 1.75. The smallest absolute Gasteiger partial charge is 0.0329 e. The maximum atomic E-state index is 5.34. The number of hydrogen-bond acceptors (Lipinski definition) is 3. The van der Waals surface area contributed by atoms with E-state index in [1.54, 1.807) is 0 Å². The first-order valence-corrected chi connectivity index (χ1v) is 4.73. The van der Waals surface area contributed by atoms with Crippen LogP contribution in [0.4, 0.5) is 0 Å². The minimum Gasteiger partial charge on any atom is -0.271 e. The maximum Gasteiger partial charge on any atom is 0.0329 e. The van der Waals surface area contributed by atoms with E-state index in [4.69, 9.17) is 5.84 Å². The third-order valence-corrected chi connectivity index (χ3v) is 2.44. The van der Waals surface area contributed by atoms with Gasteiger partial charge in [-0.05, 0) is 25.0 Å². The summed E-state index contributed by atoms with van der Waals surface area (Å²) in [5, 5.41) is 0. The molecule has 2 nitrogen and oxygen atoms in total. The third kappa shape index (κ3) is 2.16. The van der Waals surface area contributed by atoms with E-state index in [0.29, 0.717) is 6.04 Å². The first kappa shape index (κ1) is 7.38. The number of nitrogens with two attached hydrogens (primary N) is 1. The Morgan fingerprint density at radius 2 is 2.44 bits per heavy atom. The Labute approximate surface area is 60.5 Å². The topological polar surface area (TPSA) is 38.0 Å². The summed E-state index contributed by atoms with van der Waals surface area (Å²) in [6.07, 6.45) is 4.86. The van der Waals surface area contributed by atoms with Gasteiger partial charge in [0, 0.05) is 11.8 Å². The number of thioether (sulfide) groups is 1. The molecule has 1 aliphatic rings. The van der Waals surface area contributed by atoms with Gasteiger partial charge in [-0.2, -0.15) is 11.8 Å². The molecule has 0 heterocycles. The van der Waals surface area contributed by atoms with Gasteiger partial charge >= 0.3 is 0 Å². The van der Waals surface area contributed by atoms with E-state index in [-0.39, 0.29) is 0 Å². The van der Waals surface area contributed by atoms with Crippen LogP contribution in [0.15, 0.2) is 0 Å². The molecule has 3 heteroatoms. The summed E-state index contributed by atoms with van der Waals surface area (Å²) >= 11 is 1.86. The zero-order valence-corrected chi connectivity index (χ0v) is 6.58. The van der Waals surface area contributed by atoms with E-state index < -0.39 is 0 Å². The summed E-state index contributed by atoms with van der Waals surface area (Å²) in [4.78, 5) is 0. The molecule has 1 saturated carbocycles. The number of rotatable bonds is 4. The van der Waals surface area contributed by atoms with Crippen molar-refractivity contribution in [3.05, 3.63) is 0 Å². The summed E-state index contributed by atoms with van der Waals surface area (Å²) in [6.45, 7) is 0. The average Bonchev–Trinajstić information content (AvgIpc) is 2.64. The lowest BCUT2D eigenvalue weighted by atomic mass is 10.2. The molecule has 1 aliphatic carbocycles. The molecule has 1 rings (SSSR count). The molecule has 0 amide bonds. The van der Waals surface area contributed by atoms with Crippen LogP contribution in [-0.4, -0.2) is 18.1 Å². The lowest BCUT2D eigenvalue weighted by Crippen LogP contribution is -2.38. The van der Waals surface area contributed by atoms with E-state index >= 15 is 0 Å². The summed E-state index contributed by atoms with van der Waals surface area (Å²) in [7, 11) is 0. The molecular weight excluding hydrogens is 132 g/mol. The largest absolute Gasteiger partial charge is 0.271 e. The fourth-order valence-corrected chi connectivity index (χ4v) is 1.73. The van der Waals surface area contributed by atoms with Gasteiger partial charge in [0.15, 0.2) is 0 Å². The number of hydrogen-bond donors (Lipinski definition) is 2. The fourth-order valence-electron chi connectivity index (χ4n) is 0.998. The van der Waals surface area contributed by atoms with E-state index in [0.717, 1.165) is 11.7 Å². The highest BCUT2D eigenvalue weighted by Crippen LogP contribution is 2.33. The zero-order valence-electron chi connectivity index (χ0n) is 5.76. The van der Waals surface area contributed by atoms with Crippen molar-refractivity contribution in [1.29, 1.82) is 0 Å². The minimum absolute atomic E-state index is 0.569. The molecule has 0 aromatic carbocycles. The van der Waals surface area contributed by atoms with Crippen LogP contribution in [0.25, 0.3) is 0 Å². The van der Waals surface area contributed by atoms with E-state index in [2.05, 4.69) is 11.7 Å². The molecule has 54 valence electrons. The van der Waals surface area contributed by atoms with Crippen molar-refractivity contribution in [3.63, 3.8) is 0 Å². The van der Waals surface area contributed by atoms with Crippen molar-refractivity contribution in [1.82, 2.24) is 5.43 Å². The molecule has 0 aromatic heterocycles. The van der Waals surface area contributed by atoms with Crippen LogP contribution in [0.3, 0.4) is 0 Å². The fraction of sp³-hybridized carbons (Fsp3) is 1.00. The van der Waals surface area contributed by atoms with Gasteiger partial charge in [-0.3, -0.25) is 11.3 Å². The van der Waals surface area contributed by atoms with Gasteiger partial charge in [0.05, 0.1) is 0 Å². The Kier molecular flexibility index (Phi) is 2.82. The van der Waals surface area contributed by atoms with E-state index in [9.17, 15) is 0 Å². The average molecular weight is 146 g/mol. The summed E-state index contributed by atoms with van der Waals surface area (Å²) in [5.41, 5.74) is 2.84. The van der Waals surface area contributed by atoms with Gasteiger partial charge in [0.25, 0.3) is 0 Å². The van der Waals surface area contributed by atoms with Gasteiger partial charge in [0.1, 0.15) is 0 Å². The highest BCUT2D eigenvalue weighted by atomic mass is 32.2. The summed E-state index contributed by atoms with van der Waals surface area (Å²) in [5.74, 6) is 7.37. The Balaban J connectivity index is 2.12. The molecule has 1 atom stereocenters. The Morgan fingerprint density at radius 1 is 1.78 bits per heavy atom. The first-order chi connectivity index (χ1) is 4.38. The van der Waals surface area contributed by atoms with Crippen LogP contribution in [0.2, 0.25) is 0 Å². The van der Waals surface area contributed by atoms with Crippen molar-refractivity contribution < 1.29 is 0 Å². The van der Waals surface area contributed by atoms with Gasteiger partial charge in [-0.1, -0.05) is 0 Å². The van der Waals surface area contributed by atoms with Crippen LogP contribution >= 0.6 is 11.8 Å². The normalized spacial score (nSPS) is 22.0. The van der Waals surface area contributed by atoms with Crippen molar-refractivity contribution in [3.8, 4) is 0 Å². The van der Waals surface area contributed by atoms with Crippen LogP contribution in [0.1, 0.15) is 12.8 Å². The minimum atomic E-state index is 0.569. The molecule has 0 bridgehead atoms. The molecule has 0 saturated heterocycles. The molecule has 1 unspecified atom stereocenters. The van der Waals surface area contributed by atoms with E-state index in [1.807, 2.05) is 11.8 Å². The molecule has 3 N–H and O–H groups in total. The molecule has 0 spiro atoms. The standard InChI is InChI=1S/C6H14N2S/c1-9-4-6(8-7)5-2-3-5/h5-6,8H,2-4,7H2,1H3. The number of nitrogens with one attached hydrogen (secondary N) is 1. The molecule has 1 fully saturated rings. The van der Waals surface area contributed by atoms with Crippen molar-refractivity contribution in [2.45, 2.75) is 18.9 Å². The maximum absolute atomic E-state index is 5.34. The lowest BCUT2D eigenvalue weighted by molar-refractivity contribution is 0.521. The first-order valence-electron chi connectivity index (χ1n) is 3.33. The van der Waals surface area contributed by atoms with Gasteiger partial charge in [0.2, 0.25) is 0 Å². The molecular formula is C6H14N2S. The van der Waals surface area contributed by atoms with E-state index in [1.165, 1.54) is 12.8 Å². The highest BCUT2D eigenvalue weighted by molar-refractivity contribution is 7.98. The Hall–Kier alpha value is 0.270. The summed E-state index contributed by atoms with van der Waals surface area (Å²) < 4.78 is 0. The molecule has 0 aromatic rings. The SMILES string of the molecule is CSCC(NN)C1CC1. The number of hydrazine groups is 1. The summed E-state index contributed by atoms with van der Waals surface area (Å²) in [6, 6.07) is 0.569. The Morgan fingerprint density at radius 3 is 2.78 bits per heavy atom. The molecule has 0 radical (unpaired) electrons. The monoisotopic (exact) mass is 146 g/mol. The van der Waals surface area contributed by atoms with Crippen LogP contribution in [0, 0.1) is 5.92 Å². The second-order valence-electron chi connectivity index (χ2n) is 2.57. The quantitative estimate of drug-likeness (QED) is 0.450. The van der Waals surface area contributed by atoms with Crippen molar-refractivity contribution in [2.24, 2.45) is 11.8 Å². The predicted molar refractivity (Wildman–Crippen MR) is 42.2 cm³/mol. The zero-order chi connectivity index (χ0) is 6.69. The van der Waals surface area contributed by atoms with Crippen molar-refractivity contribution in [2.75, 3.05) is 12.0 Å². The van der Waals surface area contributed by atoms with Crippen LogP contribution < -0.4 is 11.3 Å². The van der Waals surface area contributed by atoms with Crippen LogP contribution in [-0.2, 0) is 0 Å². The highest BCUT2D eigenvalue weighted by Gasteiger charge is 2.29. The van der Waals surface area contributed by atoms with Gasteiger partial charge in [-0.25, -0.2) is 0 Å². The van der Waals surface area contributed by atoms with Crippen molar-refractivity contribution >= 4 is 11.8 Å². The van der Waals surface area contributed by atoms with Gasteiger partial charge < -0.3 is 0 Å².